The summed E-state index contributed by atoms with van der Waals surface area (Å²) in [6.45, 7) is 0.751. The van der Waals surface area contributed by atoms with Gasteiger partial charge >= 0.3 is 0 Å². The van der Waals surface area contributed by atoms with Crippen LogP contribution in [0.5, 0.6) is 5.75 Å². The van der Waals surface area contributed by atoms with Crippen LogP contribution in [0.3, 0.4) is 0 Å². The second-order valence-electron chi connectivity index (χ2n) is 3.99. The smallest absolute Gasteiger partial charge is 0.138 e. The maximum Gasteiger partial charge on any atom is 0.138 e. The highest BCUT2D eigenvalue weighted by Crippen LogP contribution is 2.28. The average Bonchev–Trinajstić information content (AvgIpc) is 2.40. The third-order valence-corrected chi connectivity index (χ3v) is 3.52. The Morgan fingerprint density at radius 3 is 2.42 bits per heavy atom. The average molecular weight is 317 g/mol. The molecule has 0 amide bonds. The SMILES string of the molecule is NCc1ccc(OCc2cc(Cl)ccc2Cl)c(Cl)c1. The van der Waals surface area contributed by atoms with E-state index in [1.807, 2.05) is 6.07 Å². The molecule has 5 heteroatoms. The van der Waals surface area contributed by atoms with E-state index in [0.717, 1.165) is 11.1 Å². The number of nitrogens with two attached hydrogens (primary N) is 1. The van der Waals surface area contributed by atoms with Crippen molar-refractivity contribution in [2.45, 2.75) is 13.2 Å². The predicted molar refractivity (Wildman–Crippen MR) is 80.1 cm³/mol. The minimum absolute atomic E-state index is 0.307. The molecular weight excluding hydrogens is 305 g/mol. The van der Waals surface area contributed by atoms with Crippen LogP contribution < -0.4 is 10.5 Å². The molecule has 0 spiro atoms. The van der Waals surface area contributed by atoms with E-state index < -0.39 is 0 Å². The molecule has 0 aliphatic carbocycles. The summed E-state index contributed by atoms with van der Waals surface area (Å²) in [4.78, 5) is 0. The standard InChI is InChI=1S/C14H12Cl3NO/c15-11-2-3-12(16)10(6-11)8-19-14-4-1-9(7-18)5-13(14)17/h1-6H,7-8,18H2. The normalized spacial score (nSPS) is 10.5. The molecule has 0 radical (unpaired) electrons. The zero-order valence-corrected chi connectivity index (χ0v) is 12.3. The Hall–Kier alpha value is -0.930. The Labute approximate surface area is 127 Å². The highest BCUT2D eigenvalue weighted by molar-refractivity contribution is 6.33. The van der Waals surface area contributed by atoms with Crippen LogP contribution >= 0.6 is 34.8 Å². The predicted octanol–water partition coefficient (Wildman–Crippen LogP) is 4.68. The Bertz CT molecular complexity index is 587. The number of halogens is 3. The number of hydrogen-bond donors (Lipinski definition) is 1. The van der Waals surface area contributed by atoms with Gasteiger partial charge in [0.1, 0.15) is 12.4 Å². The van der Waals surface area contributed by atoms with Gasteiger partial charge in [-0.1, -0.05) is 40.9 Å². The molecule has 0 bridgehead atoms. The van der Waals surface area contributed by atoms with E-state index in [2.05, 4.69) is 0 Å². The van der Waals surface area contributed by atoms with Crippen molar-refractivity contribution in [3.05, 3.63) is 62.6 Å². The first-order chi connectivity index (χ1) is 9.10. The van der Waals surface area contributed by atoms with E-state index in [0.29, 0.717) is 34.0 Å². The number of ether oxygens (including phenoxy) is 1. The highest BCUT2D eigenvalue weighted by atomic mass is 35.5. The van der Waals surface area contributed by atoms with Gasteiger partial charge in [0.05, 0.1) is 5.02 Å². The lowest BCUT2D eigenvalue weighted by Gasteiger charge is -2.10. The van der Waals surface area contributed by atoms with E-state index in [4.69, 9.17) is 45.3 Å². The summed E-state index contributed by atoms with van der Waals surface area (Å²) < 4.78 is 5.64. The summed E-state index contributed by atoms with van der Waals surface area (Å²) in [5.74, 6) is 0.593. The van der Waals surface area contributed by atoms with Crippen molar-refractivity contribution in [3.63, 3.8) is 0 Å². The zero-order valence-electron chi connectivity index (χ0n) is 10.00. The van der Waals surface area contributed by atoms with Gasteiger partial charge in [0.2, 0.25) is 0 Å². The first-order valence-electron chi connectivity index (χ1n) is 5.65. The molecule has 0 saturated heterocycles. The van der Waals surface area contributed by atoms with Crippen LogP contribution in [0.15, 0.2) is 36.4 Å². The molecule has 0 atom stereocenters. The summed E-state index contributed by atoms with van der Waals surface area (Å²) in [6, 6.07) is 10.7. The van der Waals surface area contributed by atoms with Crippen molar-refractivity contribution >= 4 is 34.8 Å². The van der Waals surface area contributed by atoms with Gasteiger partial charge in [-0.25, -0.2) is 0 Å². The first kappa shape index (κ1) is 14.5. The molecule has 0 aliphatic rings. The molecule has 2 N–H and O–H groups in total. The van der Waals surface area contributed by atoms with Gasteiger partial charge in [-0.15, -0.1) is 0 Å². The molecular formula is C14H12Cl3NO. The lowest BCUT2D eigenvalue weighted by molar-refractivity contribution is 0.306. The fraction of sp³-hybridized carbons (Fsp3) is 0.143. The third kappa shape index (κ3) is 3.77. The fourth-order valence-electron chi connectivity index (χ4n) is 1.60. The minimum Gasteiger partial charge on any atom is -0.487 e. The van der Waals surface area contributed by atoms with Crippen LogP contribution in [-0.2, 0) is 13.2 Å². The largest absolute Gasteiger partial charge is 0.487 e. The molecule has 19 heavy (non-hydrogen) atoms. The van der Waals surface area contributed by atoms with Crippen LogP contribution in [0.4, 0.5) is 0 Å². The summed E-state index contributed by atoms with van der Waals surface area (Å²) in [6.07, 6.45) is 0. The molecule has 2 aromatic carbocycles. The van der Waals surface area contributed by atoms with Crippen molar-refractivity contribution in [2.75, 3.05) is 0 Å². The van der Waals surface area contributed by atoms with Gasteiger partial charge in [-0.3, -0.25) is 0 Å². The van der Waals surface area contributed by atoms with Crippen LogP contribution in [0, 0.1) is 0 Å². The van der Waals surface area contributed by atoms with Crippen molar-refractivity contribution in [2.24, 2.45) is 5.73 Å². The van der Waals surface area contributed by atoms with Crippen LogP contribution in [0.25, 0.3) is 0 Å². The van der Waals surface area contributed by atoms with E-state index in [-0.39, 0.29) is 0 Å². The van der Waals surface area contributed by atoms with Crippen LogP contribution in [0.1, 0.15) is 11.1 Å². The van der Waals surface area contributed by atoms with Crippen molar-refractivity contribution in [1.29, 1.82) is 0 Å². The lowest BCUT2D eigenvalue weighted by atomic mass is 10.2. The summed E-state index contributed by atoms with van der Waals surface area (Å²) >= 11 is 18.1. The summed E-state index contributed by atoms with van der Waals surface area (Å²) in [5, 5.41) is 1.76. The lowest BCUT2D eigenvalue weighted by Crippen LogP contribution is -1.99. The fourth-order valence-corrected chi connectivity index (χ4v) is 2.22. The van der Waals surface area contributed by atoms with Crippen molar-refractivity contribution < 1.29 is 4.74 Å². The van der Waals surface area contributed by atoms with Gasteiger partial charge in [0.15, 0.2) is 0 Å². The maximum atomic E-state index is 6.11. The Morgan fingerprint density at radius 2 is 1.74 bits per heavy atom. The molecule has 0 fully saturated rings. The van der Waals surface area contributed by atoms with E-state index in [1.54, 1.807) is 30.3 Å². The second-order valence-corrected chi connectivity index (χ2v) is 5.24. The molecule has 0 unspecified atom stereocenters. The highest BCUT2D eigenvalue weighted by Gasteiger charge is 2.06. The monoisotopic (exact) mass is 315 g/mol. The van der Waals surface area contributed by atoms with E-state index in [1.165, 1.54) is 0 Å². The topological polar surface area (TPSA) is 35.2 Å². The molecule has 2 aromatic rings. The number of rotatable bonds is 4. The van der Waals surface area contributed by atoms with Gasteiger partial charge in [0, 0.05) is 22.2 Å². The van der Waals surface area contributed by atoms with Gasteiger partial charge < -0.3 is 10.5 Å². The Morgan fingerprint density at radius 1 is 0.947 bits per heavy atom. The Kier molecular flexibility index (Phi) is 4.94. The van der Waals surface area contributed by atoms with Crippen molar-refractivity contribution in [1.82, 2.24) is 0 Å². The van der Waals surface area contributed by atoms with Gasteiger partial charge in [-0.2, -0.15) is 0 Å². The van der Waals surface area contributed by atoms with E-state index in [9.17, 15) is 0 Å². The molecule has 2 nitrogen and oxygen atoms in total. The van der Waals surface area contributed by atoms with Crippen LogP contribution in [0.2, 0.25) is 15.1 Å². The second kappa shape index (κ2) is 6.49. The molecule has 2 rings (SSSR count). The quantitative estimate of drug-likeness (QED) is 0.888. The number of benzene rings is 2. The van der Waals surface area contributed by atoms with E-state index >= 15 is 0 Å². The summed E-state index contributed by atoms with van der Waals surface area (Å²) in [5.41, 5.74) is 7.31. The minimum atomic E-state index is 0.307. The molecule has 0 saturated carbocycles. The molecule has 0 aliphatic heterocycles. The van der Waals surface area contributed by atoms with Crippen molar-refractivity contribution in [3.8, 4) is 5.75 Å². The van der Waals surface area contributed by atoms with Gasteiger partial charge in [0.25, 0.3) is 0 Å². The molecule has 0 heterocycles. The Balaban J connectivity index is 2.12. The number of hydrogen-bond acceptors (Lipinski definition) is 2. The first-order valence-corrected chi connectivity index (χ1v) is 6.79. The maximum absolute atomic E-state index is 6.11. The molecule has 0 aromatic heterocycles. The van der Waals surface area contributed by atoms with Gasteiger partial charge in [-0.05, 0) is 35.9 Å². The van der Waals surface area contributed by atoms with Crippen LogP contribution in [-0.4, -0.2) is 0 Å². The molecule has 100 valence electrons. The third-order valence-electron chi connectivity index (χ3n) is 2.62. The summed E-state index contributed by atoms with van der Waals surface area (Å²) in [7, 11) is 0. The zero-order chi connectivity index (χ0) is 13.8.